The van der Waals surface area contributed by atoms with E-state index in [-0.39, 0.29) is 17.7 Å². The Bertz CT molecular complexity index is 708. The fraction of sp³-hybridized carbons (Fsp3) is 0.500. The molecule has 0 saturated heterocycles. The molecule has 2 N–H and O–H groups in total. The fourth-order valence-electron chi connectivity index (χ4n) is 3.28. The van der Waals surface area contributed by atoms with E-state index in [9.17, 15) is 19.5 Å². The molecular formula is C18H23NO7. The molecular weight excluding hydrogens is 342 g/mol. The highest BCUT2D eigenvalue weighted by atomic mass is 16.5. The van der Waals surface area contributed by atoms with Crippen LogP contribution in [0.1, 0.15) is 42.5 Å². The number of carboxylic acid groups (broad SMARTS) is 1. The zero-order valence-electron chi connectivity index (χ0n) is 15.1. The predicted molar refractivity (Wildman–Crippen MR) is 92.7 cm³/mol. The third kappa shape index (κ3) is 3.89. The summed E-state index contributed by atoms with van der Waals surface area (Å²) in [7, 11) is 4.08. The zero-order chi connectivity index (χ0) is 19.3. The van der Waals surface area contributed by atoms with E-state index in [4.69, 9.17) is 14.2 Å². The lowest BCUT2D eigenvalue weighted by atomic mass is 9.82. The van der Waals surface area contributed by atoms with Crippen LogP contribution in [0.3, 0.4) is 0 Å². The van der Waals surface area contributed by atoms with E-state index in [0.717, 1.165) is 12.8 Å². The van der Waals surface area contributed by atoms with Crippen molar-refractivity contribution in [3.63, 3.8) is 0 Å². The maximum atomic E-state index is 12.5. The summed E-state index contributed by atoms with van der Waals surface area (Å²) in [6.07, 6.45) is 2.33. The van der Waals surface area contributed by atoms with Gasteiger partial charge in [-0.25, -0.2) is 4.79 Å². The third-order valence-corrected chi connectivity index (χ3v) is 4.72. The maximum absolute atomic E-state index is 12.5. The van der Waals surface area contributed by atoms with Crippen molar-refractivity contribution in [3.05, 3.63) is 17.7 Å². The topological polar surface area (TPSA) is 111 Å². The van der Waals surface area contributed by atoms with Gasteiger partial charge in [0.05, 0.1) is 38.0 Å². The van der Waals surface area contributed by atoms with Gasteiger partial charge >= 0.3 is 11.9 Å². The summed E-state index contributed by atoms with van der Waals surface area (Å²) >= 11 is 0. The number of hydrogen-bond donors (Lipinski definition) is 2. The van der Waals surface area contributed by atoms with E-state index in [0.29, 0.717) is 24.3 Å². The number of methoxy groups -OCH3 is 3. The minimum absolute atomic E-state index is 0.0919. The van der Waals surface area contributed by atoms with Crippen molar-refractivity contribution < 1.29 is 33.7 Å². The largest absolute Gasteiger partial charge is 0.493 e. The quantitative estimate of drug-likeness (QED) is 0.714. The fourth-order valence-corrected chi connectivity index (χ4v) is 3.28. The minimum Gasteiger partial charge on any atom is -0.493 e. The molecule has 1 aliphatic carbocycles. The third-order valence-electron chi connectivity index (χ3n) is 4.72. The molecule has 0 aliphatic heterocycles. The number of hydrogen-bond acceptors (Lipinski definition) is 6. The van der Waals surface area contributed by atoms with Crippen molar-refractivity contribution in [2.75, 3.05) is 26.6 Å². The first-order chi connectivity index (χ1) is 12.4. The molecule has 0 radical (unpaired) electrons. The summed E-state index contributed by atoms with van der Waals surface area (Å²) in [5, 5.41) is 12.1. The molecule has 1 saturated carbocycles. The molecule has 0 bridgehead atoms. The second kappa shape index (κ2) is 8.07. The predicted octanol–water partition coefficient (Wildman–Crippen LogP) is 2.46. The van der Waals surface area contributed by atoms with Crippen LogP contribution >= 0.6 is 0 Å². The zero-order valence-corrected chi connectivity index (χ0v) is 15.1. The van der Waals surface area contributed by atoms with Crippen LogP contribution in [0, 0.1) is 5.41 Å². The number of esters is 1. The lowest BCUT2D eigenvalue weighted by molar-refractivity contribution is -0.150. The summed E-state index contributed by atoms with van der Waals surface area (Å²) in [5.74, 6) is -1.47. The Labute approximate surface area is 151 Å². The Morgan fingerprint density at radius 2 is 1.65 bits per heavy atom. The first kappa shape index (κ1) is 19.6. The number of ether oxygens (including phenoxy) is 3. The number of amides is 1. The number of carbonyl (C=O) groups excluding carboxylic acids is 2. The van der Waals surface area contributed by atoms with Crippen molar-refractivity contribution in [2.45, 2.75) is 32.1 Å². The molecule has 0 aromatic heterocycles. The number of carboxylic acids is 1. The van der Waals surface area contributed by atoms with Crippen LogP contribution in [0.25, 0.3) is 0 Å². The summed E-state index contributed by atoms with van der Waals surface area (Å²) in [5.41, 5.74) is -0.779. The van der Waals surface area contributed by atoms with Gasteiger partial charge in [0.25, 0.3) is 0 Å². The van der Waals surface area contributed by atoms with Gasteiger partial charge in [0.15, 0.2) is 11.5 Å². The monoisotopic (exact) mass is 365 g/mol. The van der Waals surface area contributed by atoms with E-state index in [1.807, 2.05) is 0 Å². The Balaban J connectivity index is 2.30. The van der Waals surface area contributed by atoms with Crippen LogP contribution in [0.5, 0.6) is 11.5 Å². The molecule has 0 unspecified atom stereocenters. The van der Waals surface area contributed by atoms with Gasteiger partial charge in [0.2, 0.25) is 5.91 Å². The normalized spacial score (nSPS) is 15.2. The lowest BCUT2D eigenvalue weighted by Gasteiger charge is -2.23. The van der Waals surface area contributed by atoms with Gasteiger partial charge in [-0.3, -0.25) is 9.59 Å². The van der Waals surface area contributed by atoms with Crippen LogP contribution in [0.2, 0.25) is 0 Å². The molecule has 26 heavy (non-hydrogen) atoms. The standard InChI is InChI=1S/C18H23NO7/c1-24-13-8-11(16(21)26-3)12(9-14(13)25-2)19-15(20)10-18(17(22)23)6-4-5-7-18/h8-9H,4-7,10H2,1-3H3,(H,19,20)(H,22,23). The Morgan fingerprint density at radius 1 is 1.08 bits per heavy atom. The molecule has 8 heteroatoms. The SMILES string of the molecule is COC(=O)c1cc(OC)c(OC)cc1NC(=O)CC1(C(=O)O)CCCC1. The Hall–Kier alpha value is -2.77. The highest BCUT2D eigenvalue weighted by molar-refractivity contribution is 6.03. The Kier molecular flexibility index (Phi) is 6.07. The second-order valence-electron chi connectivity index (χ2n) is 6.26. The number of anilines is 1. The van der Waals surface area contributed by atoms with E-state index >= 15 is 0 Å². The molecule has 1 fully saturated rings. The van der Waals surface area contributed by atoms with E-state index in [1.54, 1.807) is 0 Å². The highest BCUT2D eigenvalue weighted by Crippen LogP contribution is 2.42. The first-order valence-electron chi connectivity index (χ1n) is 8.24. The molecule has 1 aromatic carbocycles. The molecule has 8 nitrogen and oxygen atoms in total. The summed E-state index contributed by atoms with van der Waals surface area (Å²) in [4.78, 5) is 36.2. The summed E-state index contributed by atoms with van der Waals surface area (Å²) < 4.78 is 15.1. The van der Waals surface area contributed by atoms with Crippen molar-refractivity contribution in [1.29, 1.82) is 0 Å². The van der Waals surface area contributed by atoms with Gasteiger partial charge in [-0.15, -0.1) is 0 Å². The number of benzene rings is 1. The molecule has 0 spiro atoms. The average molecular weight is 365 g/mol. The van der Waals surface area contributed by atoms with Crippen molar-refractivity contribution >= 4 is 23.5 Å². The van der Waals surface area contributed by atoms with E-state index in [1.165, 1.54) is 33.5 Å². The van der Waals surface area contributed by atoms with Crippen LogP contribution in [-0.2, 0) is 14.3 Å². The first-order valence-corrected chi connectivity index (χ1v) is 8.24. The molecule has 142 valence electrons. The smallest absolute Gasteiger partial charge is 0.340 e. The molecule has 0 atom stereocenters. The number of nitrogens with one attached hydrogen (secondary N) is 1. The summed E-state index contributed by atoms with van der Waals surface area (Å²) in [6.45, 7) is 0. The average Bonchev–Trinajstić information content (AvgIpc) is 3.10. The number of carbonyl (C=O) groups is 3. The summed E-state index contributed by atoms with van der Waals surface area (Å²) in [6, 6.07) is 2.86. The van der Waals surface area contributed by atoms with Crippen LogP contribution in [0.4, 0.5) is 5.69 Å². The molecule has 1 aliphatic rings. The highest BCUT2D eigenvalue weighted by Gasteiger charge is 2.43. The van der Waals surface area contributed by atoms with E-state index in [2.05, 4.69) is 5.32 Å². The number of aliphatic carboxylic acids is 1. The van der Waals surface area contributed by atoms with Gasteiger partial charge in [-0.05, 0) is 12.8 Å². The lowest BCUT2D eigenvalue weighted by Crippen LogP contribution is -2.33. The van der Waals surface area contributed by atoms with Crippen LogP contribution < -0.4 is 14.8 Å². The van der Waals surface area contributed by atoms with Gasteiger partial charge in [0.1, 0.15) is 0 Å². The minimum atomic E-state index is -1.05. The number of rotatable bonds is 7. The molecule has 2 rings (SSSR count). The Morgan fingerprint density at radius 3 is 2.15 bits per heavy atom. The van der Waals surface area contributed by atoms with Gasteiger partial charge < -0.3 is 24.6 Å². The van der Waals surface area contributed by atoms with Crippen molar-refractivity contribution in [2.24, 2.45) is 5.41 Å². The van der Waals surface area contributed by atoms with Crippen molar-refractivity contribution in [1.82, 2.24) is 0 Å². The van der Waals surface area contributed by atoms with E-state index < -0.39 is 23.3 Å². The van der Waals surface area contributed by atoms with Gasteiger partial charge in [0, 0.05) is 18.6 Å². The molecule has 1 amide bonds. The van der Waals surface area contributed by atoms with Crippen molar-refractivity contribution in [3.8, 4) is 11.5 Å². The van der Waals surface area contributed by atoms with Gasteiger partial charge in [-0.1, -0.05) is 12.8 Å². The molecule has 0 heterocycles. The molecule has 1 aromatic rings. The van der Waals surface area contributed by atoms with Crippen LogP contribution in [-0.4, -0.2) is 44.3 Å². The van der Waals surface area contributed by atoms with Crippen LogP contribution in [0.15, 0.2) is 12.1 Å². The maximum Gasteiger partial charge on any atom is 0.340 e. The van der Waals surface area contributed by atoms with Gasteiger partial charge in [-0.2, -0.15) is 0 Å². The second-order valence-corrected chi connectivity index (χ2v) is 6.26.